The molecule has 142 valence electrons. The molecule has 8 nitrogen and oxygen atoms in total. The smallest absolute Gasteiger partial charge is 0.378 e. The number of pyridine rings is 1. The van der Waals surface area contributed by atoms with E-state index in [-0.39, 0.29) is 11.5 Å². The van der Waals surface area contributed by atoms with Crippen molar-refractivity contribution < 1.29 is 23.1 Å². The zero-order chi connectivity index (χ0) is 18.9. The number of aromatic nitrogens is 2. The lowest BCUT2D eigenvalue weighted by Crippen LogP contribution is -2.42. The minimum atomic E-state index is -4.38. The Bertz CT molecular complexity index is 793. The summed E-state index contributed by atoms with van der Waals surface area (Å²) in [6, 6.07) is 1.74. The number of aromatic amines is 1. The fourth-order valence-electron chi connectivity index (χ4n) is 3.01. The van der Waals surface area contributed by atoms with Gasteiger partial charge in [0.15, 0.2) is 0 Å². The monoisotopic (exact) mass is 372 g/mol. The average molecular weight is 372 g/mol. The molecule has 1 aliphatic rings. The van der Waals surface area contributed by atoms with E-state index in [0.29, 0.717) is 36.2 Å². The van der Waals surface area contributed by atoms with E-state index >= 15 is 0 Å². The van der Waals surface area contributed by atoms with Crippen LogP contribution in [0.15, 0.2) is 18.5 Å². The molecule has 6 N–H and O–H groups in total. The van der Waals surface area contributed by atoms with Crippen LogP contribution < -0.4 is 16.5 Å². The van der Waals surface area contributed by atoms with E-state index in [4.69, 9.17) is 5.73 Å². The quantitative estimate of drug-likeness (QED) is 0.478. The summed E-state index contributed by atoms with van der Waals surface area (Å²) < 4.78 is 36.8. The number of carbonyl (C=O) groups excluding carboxylic acids is 1. The summed E-state index contributed by atoms with van der Waals surface area (Å²) in [6.07, 6.45) is -2.14. The standard InChI is InChI=1S/C15H19F3N6O2/c16-15(17,18)7-22-14(26)8-2-4-24(6-8)23-11-9-1-3-20-13(9)21-5-10(11)12(19)25/h1,3,5,8,14,22,26H,2,4,6-7H2,(H2,19,25)(H2,20,21,23). The van der Waals surface area contributed by atoms with Gasteiger partial charge in [-0.3, -0.25) is 10.1 Å². The third-order valence-electron chi connectivity index (χ3n) is 4.30. The highest BCUT2D eigenvalue weighted by molar-refractivity contribution is 6.05. The maximum atomic E-state index is 12.3. The van der Waals surface area contributed by atoms with Crippen molar-refractivity contribution >= 4 is 22.6 Å². The summed E-state index contributed by atoms with van der Waals surface area (Å²) in [5.41, 5.74) is 9.74. The Morgan fingerprint density at radius 3 is 3.00 bits per heavy atom. The second-order valence-electron chi connectivity index (χ2n) is 6.20. The van der Waals surface area contributed by atoms with Crippen LogP contribution in [0.25, 0.3) is 11.0 Å². The van der Waals surface area contributed by atoms with E-state index in [1.54, 1.807) is 17.3 Å². The van der Waals surface area contributed by atoms with Crippen LogP contribution >= 0.6 is 0 Å². The van der Waals surface area contributed by atoms with Gasteiger partial charge in [-0.2, -0.15) is 13.2 Å². The number of halogens is 3. The maximum Gasteiger partial charge on any atom is 0.401 e. The van der Waals surface area contributed by atoms with E-state index in [0.717, 1.165) is 0 Å². The minimum Gasteiger partial charge on any atom is -0.378 e. The summed E-state index contributed by atoms with van der Waals surface area (Å²) in [7, 11) is 0. The molecular formula is C15H19F3N6O2. The van der Waals surface area contributed by atoms with Gasteiger partial charge in [-0.15, -0.1) is 0 Å². The number of hydrogen-bond acceptors (Lipinski definition) is 6. The summed E-state index contributed by atoms with van der Waals surface area (Å²) in [4.78, 5) is 18.7. The van der Waals surface area contributed by atoms with Crippen molar-refractivity contribution in [3.8, 4) is 0 Å². The Labute approximate surface area is 146 Å². The number of aliphatic hydroxyl groups excluding tert-OH is 1. The largest absolute Gasteiger partial charge is 0.401 e. The topological polar surface area (TPSA) is 119 Å². The number of nitrogens with one attached hydrogen (secondary N) is 3. The van der Waals surface area contributed by atoms with Crippen LogP contribution in [-0.4, -0.2) is 58.0 Å². The molecule has 1 saturated heterocycles. The Balaban J connectivity index is 1.69. The molecule has 26 heavy (non-hydrogen) atoms. The zero-order valence-electron chi connectivity index (χ0n) is 13.7. The molecule has 2 aromatic heterocycles. The number of aliphatic hydroxyl groups is 1. The SMILES string of the molecule is NC(=O)c1cnc2[nH]ccc2c1NN1CCC(C(O)NCC(F)(F)F)C1. The van der Waals surface area contributed by atoms with Crippen LogP contribution in [0.1, 0.15) is 16.8 Å². The lowest BCUT2D eigenvalue weighted by atomic mass is 10.1. The first-order chi connectivity index (χ1) is 12.2. The van der Waals surface area contributed by atoms with Crippen LogP contribution in [0, 0.1) is 5.92 Å². The molecule has 0 saturated carbocycles. The second-order valence-corrected chi connectivity index (χ2v) is 6.20. The third-order valence-corrected chi connectivity index (χ3v) is 4.30. The average Bonchev–Trinajstić information content (AvgIpc) is 3.20. The lowest BCUT2D eigenvalue weighted by Gasteiger charge is -2.23. The molecule has 1 fully saturated rings. The van der Waals surface area contributed by atoms with Crippen LogP contribution in [0.3, 0.4) is 0 Å². The lowest BCUT2D eigenvalue weighted by molar-refractivity contribution is -0.133. The van der Waals surface area contributed by atoms with Crippen molar-refractivity contribution in [3.63, 3.8) is 0 Å². The first-order valence-corrected chi connectivity index (χ1v) is 8.00. The number of nitrogens with zero attached hydrogens (tertiary/aromatic N) is 2. The Morgan fingerprint density at radius 1 is 1.54 bits per heavy atom. The Hall–Kier alpha value is -2.37. The zero-order valence-corrected chi connectivity index (χ0v) is 13.7. The summed E-state index contributed by atoms with van der Waals surface area (Å²) >= 11 is 0. The number of primary amides is 1. The van der Waals surface area contributed by atoms with Crippen LogP contribution in [0.2, 0.25) is 0 Å². The van der Waals surface area contributed by atoms with Gasteiger partial charge in [-0.05, 0) is 12.5 Å². The van der Waals surface area contributed by atoms with E-state index in [1.807, 2.05) is 0 Å². The molecule has 3 rings (SSSR count). The fraction of sp³-hybridized carbons (Fsp3) is 0.467. The number of H-pyrrole nitrogens is 1. The predicted octanol–water partition coefficient (Wildman–Crippen LogP) is 0.781. The fourth-order valence-corrected chi connectivity index (χ4v) is 3.01. The first-order valence-electron chi connectivity index (χ1n) is 8.00. The molecular weight excluding hydrogens is 353 g/mol. The molecule has 0 spiro atoms. The van der Waals surface area contributed by atoms with Crippen molar-refractivity contribution in [2.75, 3.05) is 25.1 Å². The van der Waals surface area contributed by atoms with E-state index < -0.39 is 24.9 Å². The van der Waals surface area contributed by atoms with Crippen molar-refractivity contribution in [2.24, 2.45) is 11.7 Å². The van der Waals surface area contributed by atoms with Gasteiger partial charge in [0.2, 0.25) is 0 Å². The van der Waals surface area contributed by atoms with Gasteiger partial charge in [0.1, 0.15) is 11.9 Å². The second kappa shape index (κ2) is 7.09. The highest BCUT2D eigenvalue weighted by atomic mass is 19.4. The van der Waals surface area contributed by atoms with Gasteiger partial charge in [-0.25, -0.2) is 9.99 Å². The molecule has 0 aromatic carbocycles. The summed E-state index contributed by atoms with van der Waals surface area (Å²) in [6.45, 7) is -0.460. The number of rotatable bonds is 6. The number of carbonyl (C=O) groups is 1. The molecule has 0 radical (unpaired) electrons. The minimum absolute atomic E-state index is 0.205. The number of hydrazine groups is 1. The van der Waals surface area contributed by atoms with Crippen LogP contribution in [0.5, 0.6) is 0 Å². The van der Waals surface area contributed by atoms with E-state index in [1.165, 1.54) is 6.20 Å². The van der Waals surface area contributed by atoms with Gasteiger partial charge in [0.05, 0.1) is 17.8 Å². The van der Waals surface area contributed by atoms with Crippen molar-refractivity contribution in [1.29, 1.82) is 0 Å². The number of alkyl halides is 3. The van der Waals surface area contributed by atoms with Crippen molar-refractivity contribution in [2.45, 2.75) is 18.8 Å². The number of amides is 1. The molecule has 11 heteroatoms. The predicted molar refractivity (Wildman–Crippen MR) is 88.0 cm³/mol. The molecule has 0 aliphatic carbocycles. The van der Waals surface area contributed by atoms with Crippen LogP contribution in [-0.2, 0) is 0 Å². The Morgan fingerprint density at radius 2 is 2.31 bits per heavy atom. The van der Waals surface area contributed by atoms with Gasteiger partial charge < -0.3 is 21.2 Å². The highest BCUT2D eigenvalue weighted by Gasteiger charge is 2.33. The molecule has 1 amide bonds. The molecule has 2 atom stereocenters. The number of hydrogen-bond donors (Lipinski definition) is 5. The molecule has 3 heterocycles. The van der Waals surface area contributed by atoms with E-state index in [9.17, 15) is 23.1 Å². The van der Waals surface area contributed by atoms with Crippen molar-refractivity contribution in [1.82, 2.24) is 20.3 Å². The molecule has 2 aromatic rings. The van der Waals surface area contributed by atoms with Gasteiger partial charge in [-0.1, -0.05) is 0 Å². The van der Waals surface area contributed by atoms with Gasteiger partial charge >= 0.3 is 6.18 Å². The molecule has 2 unspecified atom stereocenters. The number of nitrogens with two attached hydrogens (primary N) is 1. The maximum absolute atomic E-state index is 12.3. The van der Waals surface area contributed by atoms with Gasteiger partial charge in [0.25, 0.3) is 5.91 Å². The van der Waals surface area contributed by atoms with E-state index in [2.05, 4.69) is 20.7 Å². The highest BCUT2D eigenvalue weighted by Crippen LogP contribution is 2.28. The van der Waals surface area contributed by atoms with Gasteiger partial charge in [0, 0.05) is 36.8 Å². The number of anilines is 1. The third kappa shape index (κ3) is 4.06. The number of fused-ring (bicyclic) bond motifs is 1. The van der Waals surface area contributed by atoms with Crippen LogP contribution in [0.4, 0.5) is 18.9 Å². The first kappa shape index (κ1) is 18.4. The normalized spacial score (nSPS) is 19.8. The summed E-state index contributed by atoms with van der Waals surface area (Å²) in [5, 5.41) is 14.4. The molecule has 1 aliphatic heterocycles. The van der Waals surface area contributed by atoms with Crippen molar-refractivity contribution in [3.05, 3.63) is 24.0 Å². The molecule has 0 bridgehead atoms. The summed E-state index contributed by atoms with van der Waals surface area (Å²) in [5.74, 6) is -1.03. The Kier molecular flexibility index (Phi) is 5.03.